The van der Waals surface area contributed by atoms with Crippen LogP contribution in [0.5, 0.6) is 0 Å². The number of amides is 2. The Hall–Kier alpha value is -3.93. The second kappa shape index (κ2) is 11.2. The molecular weight excluding hydrogens is 575 g/mol. The van der Waals surface area contributed by atoms with Gasteiger partial charge in [0.15, 0.2) is 0 Å². The van der Waals surface area contributed by atoms with Crippen LogP contribution >= 0.6 is 0 Å². The number of benzene rings is 2. The van der Waals surface area contributed by atoms with E-state index >= 15 is 0 Å². The summed E-state index contributed by atoms with van der Waals surface area (Å²) in [6.45, 7) is 12.7. The average molecular weight is 614 g/mol. The number of nitrogens with one attached hydrogen (secondary N) is 1. The number of nitrogens with zero attached hydrogens (tertiary/aromatic N) is 4. The highest BCUT2D eigenvalue weighted by Crippen LogP contribution is 2.42. The molecule has 1 saturated carbocycles. The van der Waals surface area contributed by atoms with Gasteiger partial charge in [0, 0.05) is 6.04 Å². The molecule has 1 aliphatic carbocycles. The molecule has 44 heavy (non-hydrogen) atoms. The van der Waals surface area contributed by atoms with Crippen molar-refractivity contribution in [2.45, 2.75) is 103 Å². The summed E-state index contributed by atoms with van der Waals surface area (Å²) in [4.78, 5) is 28.2. The van der Waals surface area contributed by atoms with Crippen LogP contribution in [-0.4, -0.2) is 55.4 Å². The number of alkyl halides is 3. The number of hydrogen-bond acceptors (Lipinski definition) is 6. The maximum absolute atomic E-state index is 13.4. The molecule has 1 N–H and O–H groups in total. The molecule has 2 aromatic carbocycles. The predicted molar refractivity (Wildman–Crippen MR) is 156 cm³/mol. The van der Waals surface area contributed by atoms with Gasteiger partial charge in [0.25, 0.3) is 5.91 Å². The minimum absolute atomic E-state index is 0.0641. The molecule has 236 valence electrons. The molecule has 2 heterocycles. The maximum Gasteiger partial charge on any atom is 0.416 e. The molecule has 2 aliphatic rings. The molecule has 0 radical (unpaired) electrons. The fourth-order valence-electron chi connectivity index (χ4n) is 5.93. The van der Waals surface area contributed by atoms with E-state index in [2.05, 4.69) is 15.6 Å². The molecular formula is C32H38F3N5O4. The van der Waals surface area contributed by atoms with Crippen molar-refractivity contribution in [2.24, 2.45) is 0 Å². The van der Waals surface area contributed by atoms with Crippen LogP contribution in [-0.2, 0) is 15.7 Å². The van der Waals surface area contributed by atoms with E-state index in [1.54, 1.807) is 52.9 Å². The predicted octanol–water partition coefficient (Wildman–Crippen LogP) is 6.70. The second-order valence-corrected chi connectivity index (χ2v) is 13.1. The van der Waals surface area contributed by atoms with Gasteiger partial charge in [-0.25, -0.2) is 9.48 Å². The Morgan fingerprint density at radius 2 is 1.80 bits per heavy atom. The lowest BCUT2D eigenvalue weighted by Gasteiger charge is -2.36. The minimum Gasteiger partial charge on any atom is -0.444 e. The molecule has 2 atom stereocenters. The molecule has 1 saturated heterocycles. The highest BCUT2D eigenvalue weighted by atomic mass is 19.4. The number of hydrogen-bond donors (Lipinski definition) is 1. The summed E-state index contributed by atoms with van der Waals surface area (Å²) < 4.78 is 52.8. The van der Waals surface area contributed by atoms with Gasteiger partial charge >= 0.3 is 12.3 Å². The van der Waals surface area contributed by atoms with Crippen LogP contribution in [0, 0.1) is 6.92 Å². The maximum atomic E-state index is 13.4. The largest absolute Gasteiger partial charge is 0.444 e. The van der Waals surface area contributed by atoms with Gasteiger partial charge in [-0.1, -0.05) is 29.5 Å². The van der Waals surface area contributed by atoms with Gasteiger partial charge in [0.1, 0.15) is 23.1 Å². The van der Waals surface area contributed by atoms with E-state index in [1.807, 2.05) is 26.0 Å². The van der Waals surface area contributed by atoms with Crippen molar-refractivity contribution >= 4 is 12.0 Å². The zero-order valence-corrected chi connectivity index (χ0v) is 25.9. The SMILES string of the molecule is Cc1ccc(C(=O)NC2CC(c3cccc(C(F)(F)F)c3)C2)c(-n2cc([C@@H]3[C@@H](C)OC(C)(C)N3C(=O)OC(C)(C)C)nn2)c1. The van der Waals surface area contributed by atoms with E-state index < -0.39 is 41.3 Å². The summed E-state index contributed by atoms with van der Waals surface area (Å²) in [5, 5.41) is 11.7. The topological polar surface area (TPSA) is 98.6 Å². The third-order valence-corrected chi connectivity index (χ3v) is 7.98. The Bertz CT molecular complexity index is 1560. The minimum atomic E-state index is -4.40. The number of halogens is 3. The molecule has 1 aliphatic heterocycles. The normalized spacial score (nSPS) is 23.3. The van der Waals surface area contributed by atoms with Crippen LogP contribution < -0.4 is 5.32 Å². The third kappa shape index (κ3) is 6.45. The zero-order valence-electron chi connectivity index (χ0n) is 25.9. The van der Waals surface area contributed by atoms with Crippen molar-refractivity contribution in [2.75, 3.05) is 0 Å². The number of aromatic nitrogens is 3. The van der Waals surface area contributed by atoms with Crippen molar-refractivity contribution in [3.63, 3.8) is 0 Å². The Labute approximate surface area is 254 Å². The molecule has 5 rings (SSSR count). The van der Waals surface area contributed by atoms with Crippen LogP contribution in [0.4, 0.5) is 18.0 Å². The molecule has 0 spiro atoms. The summed E-state index contributed by atoms with van der Waals surface area (Å²) in [6.07, 6.45) is -2.59. The van der Waals surface area contributed by atoms with Gasteiger partial charge in [-0.15, -0.1) is 5.10 Å². The fourth-order valence-corrected chi connectivity index (χ4v) is 5.93. The number of carbonyl (C=O) groups is 2. The molecule has 2 fully saturated rings. The van der Waals surface area contributed by atoms with Crippen molar-refractivity contribution in [1.29, 1.82) is 0 Å². The first-order valence-corrected chi connectivity index (χ1v) is 14.6. The highest BCUT2D eigenvalue weighted by molar-refractivity contribution is 5.98. The zero-order chi connectivity index (χ0) is 32.2. The quantitative estimate of drug-likeness (QED) is 0.344. The molecule has 2 amide bonds. The van der Waals surface area contributed by atoms with E-state index in [0.29, 0.717) is 35.3 Å². The molecule has 0 unspecified atom stereocenters. The van der Waals surface area contributed by atoms with Gasteiger partial charge in [-0.2, -0.15) is 13.2 Å². The van der Waals surface area contributed by atoms with Crippen LogP contribution in [0.3, 0.4) is 0 Å². The summed E-state index contributed by atoms with van der Waals surface area (Å²) in [5.74, 6) is -0.385. The second-order valence-electron chi connectivity index (χ2n) is 13.1. The summed E-state index contributed by atoms with van der Waals surface area (Å²) in [5.41, 5.74) is 0.526. The summed E-state index contributed by atoms with van der Waals surface area (Å²) >= 11 is 0. The monoisotopic (exact) mass is 613 g/mol. The van der Waals surface area contributed by atoms with Gasteiger partial charge < -0.3 is 14.8 Å². The van der Waals surface area contributed by atoms with Crippen molar-refractivity contribution < 1.29 is 32.2 Å². The molecule has 1 aromatic heterocycles. The number of ether oxygens (including phenoxy) is 2. The lowest BCUT2D eigenvalue weighted by Crippen LogP contribution is -2.47. The van der Waals surface area contributed by atoms with Crippen LogP contribution in [0.15, 0.2) is 48.7 Å². The number of carbonyl (C=O) groups excluding carboxylic acids is 2. The van der Waals surface area contributed by atoms with E-state index in [4.69, 9.17) is 9.47 Å². The molecule has 0 bridgehead atoms. The Morgan fingerprint density at radius 3 is 2.45 bits per heavy atom. The van der Waals surface area contributed by atoms with Gasteiger partial charge in [0.2, 0.25) is 0 Å². The Kier molecular flexibility index (Phi) is 8.02. The Balaban J connectivity index is 1.34. The molecule has 12 heteroatoms. The van der Waals surface area contributed by atoms with E-state index in [-0.39, 0.29) is 17.9 Å². The van der Waals surface area contributed by atoms with Crippen LogP contribution in [0.2, 0.25) is 0 Å². The fraction of sp³-hybridized carbons (Fsp3) is 0.500. The lowest BCUT2D eigenvalue weighted by atomic mass is 9.75. The van der Waals surface area contributed by atoms with Crippen molar-refractivity contribution in [3.8, 4) is 5.69 Å². The van der Waals surface area contributed by atoms with Gasteiger partial charge in [-0.3, -0.25) is 9.69 Å². The molecule has 9 nitrogen and oxygen atoms in total. The van der Waals surface area contributed by atoms with Crippen molar-refractivity contribution in [1.82, 2.24) is 25.2 Å². The first kappa shape index (κ1) is 31.5. The van der Waals surface area contributed by atoms with E-state index in [0.717, 1.165) is 11.6 Å². The number of aryl methyl sites for hydroxylation is 1. The van der Waals surface area contributed by atoms with E-state index in [1.165, 1.54) is 21.7 Å². The third-order valence-electron chi connectivity index (χ3n) is 7.98. The first-order valence-electron chi connectivity index (χ1n) is 14.6. The first-order chi connectivity index (χ1) is 20.4. The summed E-state index contributed by atoms with van der Waals surface area (Å²) in [6, 6.07) is 9.95. The summed E-state index contributed by atoms with van der Waals surface area (Å²) in [7, 11) is 0. The number of rotatable bonds is 5. The standard InChI is InChI=1S/C32H38F3N5O4/c1-18-11-12-24(28(41)36-23-15-21(16-23)20-9-8-10-22(14-20)32(33,34)35)26(13-18)39-17-25(37-38-39)27-19(2)43-31(6,7)40(27)29(42)44-30(3,4)5/h8-14,17,19,21,23,27H,15-16H2,1-7H3,(H,36,41)/t19-,21?,23?,27+/m1/s1. The highest BCUT2D eigenvalue weighted by Gasteiger charge is 2.51. The van der Waals surface area contributed by atoms with Gasteiger partial charge in [0.05, 0.1) is 29.1 Å². The molecule has 3 aromatic rings. The lowest BCUT2D eigenvalue weighted by molar-refractivity contribution is -0.137. The van der Waals surface area contributed by atoms with Crippen molar-refractivity contribution in [3.05, 3.63) is 76.6 Å². The Morgan fingerprint density at radius 1 is 1.09 bits per heavy atom. The van der Waals surface area contributed by atoms with Gasteiger partial charge in [-0.05, 0) is 96.6 Å². The van der Waals surface area contributed by atoms with E-state index in [9.17, 15) is 22.8 Å². The van der Waals surface area contributed by atoms with Crippen LogP contribution in [0.1, 0.15) is 99.1 Å². The smallest absolute Gasteiger partial charge is 0.416 e. The van der Waals surface area contributed by atoms with Crippen LogP contribution in [0.25, 0.3) is 5.69 Å². The average Bonchev–Trinajstić information content (AvgIpc) is 3.45.